The summed E-state index contributed by atoms with van der Waals surface area (Å²) in [5.41, 5.74) is -1.78. The van der Waals surface area contributed by atoms with Crippen LogP contribution in [0.5, 0.6) is 0 Å². The third-order valence-corrected chi connectivity index (χ3v) is 1.08. The minimum absolute atomic E-state index is 0.394. The second-order valence-electron chi connectivity index (χ2n) is 2.22. The number of carboxylic acids is 1. The molecule has 0 saturated heterocycles. The Bertz CT molecular complexity index is 174. The van der Waals surface area contributed by atoms with Crippen molar-refractivity contribution in [2.45, 2.75) is 19.4 Å². The molecule has 1 N–H and O–H groups in total. The van der Waals surface area contributed by atoms with E-state index in [9.17, 15) is 15.2 Å². The monoisotopic (exact) mass is 147 g/mol. The summed E-state index contributed by atoms with van der Waals surface area (Å²) < 4.78 is 0. The average molecular weight is 147 g/mol. The molecule has 0 aliphatic heterocycles. The molecule has 0 aliphatic carbocycles. The van der Waals surface area contributed by atoms with Crippen LogP contribution in [-0.2, 0) is 4.79 Å². The van der Waals surface area contributed by atoms with E-state index in [1.54, 1.807) is 0 Å². The Hall–Kier alpha value is -1.33. The van der Waals surface area contributed by atoms with Crippen LogP contribution in [0.4, 0.5) is 0 Å². The molecule has 0 amide bonds. The Morgan fingerprint density at radius 2 is 2.10 bits per heavy atom. The number of rotatable bonds is 2. The molecular formula is C4H7N2O4-. The summed E-state index contributed by atoms with van der Waals surface area (Å²) in [4.78, 5) is 9.79. The molecule has 6 nitrogen and oxygen atoms in total. The van der Waals surface area contributed by atoms with Crippen molar-refractivity contribution in [3.05, 3.63) is 10.4 Å². The van der Waals surface area contributed by atoms with Crippen LogP contribution in [0.3, 0.4) is 0 Å². The van der Waals surface area contributed by atoms with Crippen LogP contribution in [0.25, 0.3) is 0 Å². The molecule has 58 valence electrons. The van der Waals surface area contributed by atoms with Crippen molar-refractivity contribution in [2.24, 2.45) is 5.28 Å². The van der Waals surface area contributed by atoms with Gasteiger partial charge < -0.3 is 15.5 Å². The van der Waals surface area contributed by atoms with Gasteiger partial charge in [0.05, 0.1) is 0 Å². The zero-order valence-corrected chi connectivity index (χ0v) is 5.57. The van der Waals surface area contributed by atoms with Crippen molar-refractivity contribution in [1.82, 2.24) is 0 Å². The van der Waals surface area contributed by atoms with Crippen molar-refractivity contribution >= 4 is 5.97 Å². The highest BCUT2D eigenvalue weighted by atomic mass is 16.6. The van der Waals surface area contributed by atoms with E-state index in [0.29, 0.717) is 0 Å². The molecule has 0 fully saturated rings. The number of hydroxylamine groups is 1. The van der Waals surface area contributed by atoms with Crippen molar-refractivity contribution in [3.8, 4) is 0 Å². The maximum Gasteiger partial charge on any atom is 0.379 e. The Kier molecular flexibility index (Phi) is 2.17. The average Bonchev–Trinajstić information content (AvgIpc) is 1.86. The molecule has 0 unspecified atom stereocenters. The van der Waals surface area contributed by atoms with Crippen LogP contribution in [0.2, 0.25) is 0 Å². The molecule has 0 aromatic rings. The molecule has 0 aromatic carbocycles. The van der Waals surface area contributed by atoms with Gasteiger partial charge >= 0.3 is 5.97 Å². The summed E-state index contributed by atoms with van der Waals surface area (Å²) in [6, 6.07) is 0. The Labute approximate surface area is 56.9 Å². The summed E-state index contributed by atoms with van der Waals surface area (Å²) in [5, 5.41) is 30.1. The van der Waals surface area contributed by atoms with Gasteiger partial charge in [-0.2, -0.15) is 0 Å². The van der Waals surface area contributed by atoms with Crippen molar-refractivity contribution < 1.29 is 14.8 Å². The van der Waals surface area contributed by atoms with Crippen LogP contribution in [0.1, 0.15) is 13.8 Å². The minimum Gasteiger partial charge on any atom is -0.739 e. The van der Waals surface area contributed by atoms with Gasteiger partial charge in [0.1, 0.15) is 0 Å². The predicted molar refractivity (Wildman–Crippen MR) is 31.1 cm³/mol. The van der Waals surface area contributed by atoms with Gasteiger partial charge in [0.25, 0.3) is 5.54 Å². The van der Waals surface area contributed by atoms with Crippen LogP contribution in [0.15, 0.2) is 5.28 Å². The molecule has 10 heavy (non-hydrogen) atoms. The molecule has 0 aliphatic rings. The van der Waals surface area contributed by atoms with E-state index in [1.807, 2.05) is 5.28 Å². The van der Waals surface area contributed by atoms with Crippen molar-refractivity contribution in [2.75, 3.05) is 0 Å². The predicted octanol–water partition coefficient (Wildman–Crippen LogP) is 0.310. The Balaban J connectivity index is 4.56. The number of carbonyl (C=O) groups is 1. The standard InChI is InChI=1S/C4H8N2O4/c1-4(2,3(7)8)6(10)5-9/h9H,1-2H3,(H,7,8)/p-1/b6-5-. The quantitative estimate of drug-likeness (QED) is 0.345. The van der Waals surface area contributed by atoms with E-state index in [1.165, 1.54) is 0 Å². The molecule has 0 radical (unpaired) electrons. The van der Waals surface area contributed by atoms with Crippen molar-refractivity contribution in [1.29, 1.82) is 0 Å². The van der Waals surface area contributed by atoms with Gasteiger partial charge in [-0.25, -0.2) is 4.79 Å². The highest BCUT2D eigenvalue weighted by Crippen LogP contribution is 2.07. The SMILES string of the molecule is CC(C)(C(=O)O)/[N+]([O-])=N/[O-]. The maximum absolute atomic E-state index is 10.3. The lowest BCUT2D eigenvalue weighted by atomic mass is 10.1. The van der Waals surface area contributed by atoms with Crippen LogP contribution >= 0.6 is 0 Å². The fourth-order valence-electron chi connectivity index (χ4n) is 0.184. The number of hydrogen-bond acceptors (Lipinski definition) is 4. The summed E-state index contributed by atoms with van der Waals surface area (Å²) in [6.07, 6.45) is 0. The van der Waals surface area contributed by atoms with Gasteiger partial charge in [0.2, 0.25) is 0 Å². The summed E-state index contributed by atoms with van der Waals surface area (Å²) >= 11 is 0. The molecular weight excluding hydrogens is 140 g/mol. The summed E-state index contributed by atoms with van der Waals surface area (Å²) in [5.74, 6) is -1.39. The van der Waals surface area contributed by atoms with Crippen LogP contribution < -0.4 is 0 Å². The first-order valence-corrected chi connectivity index (χ1v) is 2.47. The molecule has 0 aromatic heterocycles. The Morgan fingerprint density at radius 1 is 1.70 bits per heavy atom. The lowest BCUT2D eigenvalue weighted by Crippen LogP contribution is -2.40. The highest BCUT2D eigenvalue weighted by Gasteiger charge is 2.37. The summed E-state index contributed by atoms with van der Waals surface area (Å²) in [6.45, 7) is 2.17. The highest BCUT2D eigenvalue weighted by molar-refractivity contribution is 5.75. The third kappa shape index (κ3) is 1.34. The van der Waals surface area contributed by atoms with E-state index in [2.05, 4.69) is 0 Å². The lowest BCUT2D eigenvalue weighted by Gasteiger charge is -2.16. The number of aliphatic carboxylic acids is 1. The van der Waals surface area contributed by atoms with Crippen molar-refractivity contribution in [3.63, 3.8) is 0 Å². The van der Waals surface area contributed by atoms with Gasteiger partial charge in [-0.15, -0.1) is 0 Å². The van der Waals surface area contributed by atoms with Gasteiger partial charge in [-0.05, 0) is 5.28 Å². The molecule has 0 bridgehead atoms. The fourth-order valence-corrected chi connectivity index (χ4v) is 0.184. The second-order valence-corrected chi connectivity index (χ2v) is 2.22. The van der Waals surface area contributed by atoms with E-state index in [4.69, 9.17) is 5.11 Å². The number of nitrogens with zero attached hydrogens (tertiary/aromatic N) is 2. The zero-order chi connectivity index (χ0) is 8.36. The van der Waals surface area contributed by atoms with E-state index >= 15 is 0 Å². The first kappa shape index (κ1) is 8.67. The maximum atomic E-state index is 10.3. The van der Waals surface area contributed by atoms with Gasteiger partial charge in [-0.3, -0.25) is 0 Å². The molecule has 0 heterocycles. The Morgan fingerprint density at radius 3 is 2.20 bits per heavy atom. The molecule has 0 atom stereocenters. The van der Waals surface area contributed by atoms with E-state index < -0.39 is 16.4 Å². The smallest absolute Gasteiger partial charge is 0.379 e. The van der Waals surface area contributed by atoms with Crippen LogP contribution in [0, 0.1) is 10.4 Å². The van der Waals surface area contributed by atoms with Gasteiger partial charge in [-0.1, -0.05) is 4.86 Å². The van der Waals surface area contributed by atoms with E-state index in [-0.39, 0.29) is 0 Å². The third-order valence-electron chi connectivity index (χ3n) is 1.08. The zero-order valence-electron chi connectivity index (χ0n) is 5.57. The molecule has 6 heteroatoms. The molecule has 0 rings (SSSR count). The largest absolute Gasteiger partial charge is 0.739 e. The first-order chi connectivity index (χ1) is 4.42. The lowest BCUT2D eigenvalue weighted by molar-refractivity contribution is -0.586. The number of carboxylic acid groups (broad SMARTS) is 1. The fraction of sp³-hybridized carbons (Fsp3) is 0.750. The van der Waals surface area contributed by atoms with Gasteiger partial charge in [0, 0.05) is 13.8 Å². The second kappa shape index (κ2) is 2.51. The normalized spacial score (nSPS) is 13.2. The molecule has 0 spiro atoms. The van der Waals surface area contributed by atoms with Crippen LogP contribution in [-0.4, -0.2) is 21.5 Å². The number of hydrogen-bond donors (Lipinski definition) is 1. The summed E-state index contributed by atoms with van der Waals surface area (Å²) in [7, 11) is 0. The topological polar surface area (TPSA) is 98.8 Å². The van der Waals surface area contributed by atoms with Gasteiger partial charge in [0.15, 0.2) is 0 Å². The molecule has 0 saturated carbocycles. The van der Waals surface area contributed by atoms with E-state index in [0.717, 1.165) is 13.8 Å². The first-order valence-electron chi connectivity index (χ1n) is 2.47. The minimum atomic E-state index is -1.78.